The summed E-state index contributed by atoms with van der Waals surface area (Å²) in [4.78, 5) is 34.2. The van der Waals surface area contributed by atoms with Gasteiger partial charge in [0.2, 0.25) is 5.91 Å². The van der Waals surface area contributed by atoms with Crippen molar-refractivity contribution in [1.29, 1.82) is 0 Å². The molecule has 0 radical (unpaired) electrons. The van der Waals surface area contributed by atoms with Crippen molar-refractivity contribution in [3.05, 3.63) is 123 Å². The summed E-state index contributed by atoms with van der Waals surface area (Å²) in [5.74, 6) is -0.355. The molecule has 39 heavy (non-hydrogen) atoms. The first-order valence-electron chi connectivity index (χ1n) is 13.5. The Morgan fingerprint density at radius 1 is 0.923 bits per heavy atom. The highest BCUT2D eigenvalue weighted by Crippen LogP contribution is 2.68. The van der Waals surface area contributed by atoms with E-state index >= 15 is 4.79 Å². The average molecular weight is 530 g/mol. The lowest BCUT2D eigenvalue weighted by Gasteiger charge is -2.45. The zero-order valence-electron chi connectivity index (χ0n) is 21.5. The Hall–Kier alpha value is -4.00. The SMILES string of the molecule is Cc1ccc2[nH]c3c(c2c1)CC[C@]1(C3=O)[C@@H](c2cccs2)[C@@H](c2ccccc2)N[C@@]12C(=O)Nc1ccccc12. The first kappa shape index (κ1) is 22.9. The molecule has 5 nitrogen and oxygen atoms in total. The number of rotatable bonds is 2. The number of benzene rings is 3. The Bertz CT molecular complexity index is 1790. The molecule has 1 fully saturated rings. The maximum absolute atomic E-state index is 15.2. The fraction of sp³-hybridized carbons (Fsp3) is 0.212. The van der Waals surface area contributed by atoms with E-state index in [-0.39, 0.29) is 23.7 Å². The summed E-state index contributed by atoms with van der Waals surface area (Å²) < 4.78 is 0. The smallest absolute Gasteiger partial charge is 0.250 e. The molecule has 2 spiro atoms. The molecular weight excluding hydrogens is 502 g/mol. The van der Waals surface area contributed by atoms with Crippen LogP contribution in [-0.2, 0) is 16.8 Å². The molecule has 3 aliphatic rings. The van der Waals surface area contributed by atoms with Crippen molar-refractivity contribution in [3.8, 4) is 0 Å². The van der Waals surface area contributed by atoms with E-state index in [1.807, 2.05) is 48.5 Å². The van der Waals surface area contributed by atoms with Crippen molar-refractivity contribution in [3.63, 3.8) is 0 Å². The summed E-state index contributed by atoms with van der Waals surface area (Å²) in [7, 11) is 0. The fourth-order valence-electron chi connectivity index (χ4n) is 7.75. The second-order valence-electron chi connectivity index (χ2n) is 11.1. The van der Waals surface area contributed by atoms with Crippen LogP contribution in [0.5, 0.6) is 0 Å². The Balaban J connectivity index is 1.45. The van der Waals surface area contributed by atoms with Crippen molar-refractivity contribution in [1.82, 2.24) is 10.3 Å². The Labute approximate surface area is 230 Å². The van der Waals surface area contributed by atoms with Gasteiger partial charge in [0.15, 0.2) is 5.78 Å². The maximum atomic E-state index is 15.2. The number of Topliss-reactive ketones (excluding diaryl/α,β-unsaturated/α-hetero) is 1. The zero-order valence-corrected chi connectivity index (χ0v) is 22.3. The van der Waals surface area contributed by atoms with Gasteiger partial charge >= 0.3 is 0 Å². The van der Waals surface area contributed by atoms with Gasteiger partial charge in [0.25, 0.3) is 0 Å². The molecular formula is C33H27N3O2S. The summed E-state index contributed by atoms with van der Waals surface area (Å²) in [6.07, 6.45) is 1.28. The van der Waals surface area contributed by atoms with Gasteiger partial charge in [-0.25, -0.2) is 0 Å². The number of ketones is 1. The largest absolute Gasteiger partial charge is 0.352 e. The van der Waals surface area contributed by atoms with Gasteiger partial charge < -0.3 is 10.3 Å². The molecule has 5 aromatic rings. The zero-order chi connectivity index (χ0) is 26.4. The Morgan fingerprint density at radius 2 is 1.74 bits per heavy atom. The van der Waals surface area contributed by atoms with E-state index in [0.29, 0.717) is 18.5 Å². The molecule has 1 aliphatic carbocycles. The van der Waals surface area contributed by atoms with Crippen LogP contribution >= 0.6 is 11.3 Å². The van der Waals surface area contributed by atoms with Crippen LogP contribution in [0.4, 0.5) is 5.69 Å². The number of aryl methyl sites for hydroxylation is 2. The average Bonchev–Trinajstić information content (AvgIpc) is 3.72. The maximum Gasteiger partial charge on any atom is 0.250 e. The lowest BCUT2D eigenvalue weighted by Crippen LogP contribution is -2.59. The number of fused-ring (bicyclic) bond motifs is 6. The number of nitrogens with one attached hydrogen (secondary N) is 3. The van der Waals surface area contributed by atoms with Gasteiger partial charge in [0.1, 0.15) is 5.54 Å². The van der Waals surface area contributed by atoms with Gasteiger partial charge in [-0.3, -0.25) is 14.9 Å². The number of amides is 1. The molecule has 3 N–H and O–H groups in total. The van der Waals surface area contributed by atoms with Crippen LogP contribution in [0.3, 0.4) is 0 Å². The van der Waals surface area contributed by atoms with Crippen LogP contribution in [-0.4, -0.2) is 16.7 Å². The van der Waals surface area contributed by atoms with E-state index in [2.05, 4.69) is 64.3 Å². The molecule has 2 aromatic heterocycles. The minimum atomic E-state index is -1.21. The van der Waals surface area contributed by atoms with Gasteiger partial charge in [0.05, 0.1) is 11.1 Å². The highest BCUT2D eigenvalue weighted by molar-refractivity contribution is 7.10. The molecule has 0 saturated carbocycles. The van der Waals surface area contributed by atoms with Crippen molar-refractivity contribution in [2.24, 2.45) is 5.41 Å². The van der Waals surface area contributed by atoms with Gasteiger partial charge in [-0.15, -0.1) is 11.3 Å². The number of aromatic amines is 1. The minimum absolute atomic E-state index is 0.0220. The van der Waals surface area contributed by atoms with Crippen molar-refractivity contribution in [2.75, 3.05) is 5.32 Å². The van der Waals surface area contributed by atoms with E-state index in [9.17, 15) is 4.79 Å². The molecule has 4 heterocycles. The normalized spacial score (nSPS) is 27.3. The van der Waals surface area contributed by atoms with Crippen LogP contribution in [0, 0.1) is 12.3 Å². The molecule has 1 amide bonds. The molecule has 192 valence electrons. The lowest BCUT2D eigenvalue weighted by molar-refractivity contribution is -0.125. The number of hydrogen-bond acceptors (Lipinski definition) is 4. The van der Waals surface area contributed by atoms with E-state index in [0.717, 1.165) is 38.2 Å². The number of aromatic nitrogens is 1. The number of hydrogen-bond donors (Lipinski definition) is 3. The number of para-hydroxylation sites is 1. The van der Waals surface area contributed by atoms with Crippen LogP contribution in [0.1, 0.15) is 56.0 Å². The number of carbonyl (C=O) groups excluding carboxylic acids is 2. The first-order valence-corrected chi connectivity index (χ1v) is 14.4. The minimum Gasteiger partial charge on any atom is -0.352 e. The second kappa shape index (κ2) is 8.01. The standard InChI is InChI=1S/C33H27N3O2S/c1-19-13-14-24-22(18-19)21-15-16-32(30(37)29(21)34-24)27(26-12-7-17-39-26)28(20-8-3-2-4-9-20)36-33(32)23-10-5-6-11-25(23)35-31(33)38/h2-14,17-18,27-28,34,36H,15-16H2,1H3,(H,35,38)/t27-,28+,32+,33-/m0/s1. The van der Waals surface area contributed by atoms with Gasteiger partial charge in [0, 0.05) is 39.0 Å². The second-order valence-corrected chi connectivity index (χ2v) is 12.1. The lowest BCUT2D eigenvalue weighted by atomic mass is 9.54. The van der Waals surface area contributed by atoms with E-state index in [1.165, 1.54) is 5.56 Å². The number of H-pyrrole nitrogens is 1. The monoisotopic (exact) mass is 529 g/mol. The molecule has 2 aliphatic heterocycles. The molecule has 8 rings (SSSR count). The van der Waals surface area contributed by atoms with Crippen molar-refractivity contribution >= 4 is 39.6 Å². The summed E-state index contributed by atoms with van der Waals surface area (Å²) in [5, 5.41) is 10.2. The predicted molar refractivity (Wildman–Crippen MR) is 154 cm³/mol. The first-order chi connectivity index (χ1) is 19.0. The number of anilines is 1. The molecule has 1 saturated heterocycles. The third-order valence-electron chi connectivity index (χ3n) is 9.30. The molecule has 4 atom stereocenters. The van der Waals surface area contributed by atoms with E-state index in [1.54, 1.807) is 11.3 Å². The molecule has 3 aromatic carbocycles. The third-order valence-corrected chi connectivity index (χ3v) is 10.3. The third kappa shape index (κ3) is 2.83. The van der Waals surface area contributed by atoms with Gasteiger partial charge in [-0.1, -0.05) is 66.2 Å². The summed E-state index contributed by atoms with van der Waals surface area (Å²) >= 11 is 1.67. The summed E-state index contributed by atoms with van der Waals surface area (Å²) in [5.41, 5.74) is 4.33. The van der Waals surface area contributed by atoms with Crippen molar-refractivity contribution < 1.29 is 9.59 Å². The van der Waals surface area contributed by atoms with Crippen LogP contribution in [0.15, 0.2) is 90.3 Å². The van der Waals surface area contributed by atoms with Crippen LogP contribution < -0.4 is 10.6 Å². The number of carbonyl (C=O) groups is 2. The number of thiophene rings is 1. The Kier molecular flexibility index (Phi) is 4.71. The molecule has 0 bridgehead atoms. The Morgan fingerprint density at radius 3 is 2.56 bits per heavy atom. The summed E-state index contributed by atoms with van der Waals surface area (Å²) in [6.45, 7) is 2.08. The van der Waals surface area contributed by atoms with Crippen molar-refractivity contribution in [2.45, 2.75) is 37.3 Å². The fourth-order valence-corrected chi connectivity index (χ4v) is 8.70. The highest BCUT2D eigenvalue weighted by atomic mass is 32.1. The van der Waals surface area contributed by atoms with Crippen LogP contribution in [0.2, 0.25) is 0 Å². The summed E-state index contributed by atoms with van der Waals surface area (Å²) in [6, 6.07) is 28.4. The highest BCUT2D eigenvalue weighted by Gasteiger charge is 2.74. The van der Waals surface area contributed by atoms with E-state index in [4.69, 9.17) is 0 Å². The van der Waals surface area contributed by atoms with Gasteiger partial charge in [-0.2, -0.15) is 0 Å². The molecule has 0 unspecified atom stereocenters. The topological polar surface area (TPSA) is 74.0 Å². The van der Waals surface area contributed by atoms with Gasteiger partial charge in [-0.05, 0) is 60.5 Å². The quantitative estimate of drug-likeness (QED) is 0.240. The van der Waals surface area contributed by atoms with Crippen LogP contribution in [0.25, 0.3) is 10.9 Å². The van der Waals surface area contributed by atoms with E-state index < -0.39 is 11.0 Å². The molecule has 6 heteroatoms. The predicted octanol–water partition coefficient (Wildman–Crippen LogP) is 6.63.